The molecule has 0 saturated heterocycles. The van der Waals surface area contributed by atoms with Gasteiger partial charge >= 0.3 is 0 Å². The molecule has 3 rings (SSSR count). The topological polar surface area (TPSA) is 4.93 Å². The van der Waals surface area contributed by atoms with Crippen LogP contribution in [0.15, 0.2) is 30.5 Å². The molecule has 0 radical (unpaired) electrons. The standard InChI is InChI=1S/C18H25N/c1-3-14-6-5-7-17(13-14)19-11-10-16-12-15(4-2)8-9-18(16)19/h8-12,14,17H,3-7,13H2,1-2H3. The Balaban J connectivity index is 1.92. The van der Waals surface area contributed by atoms with Crippen LogP contribution in [0.5, 0.6) is 0 Å². The van der Waals surface area contributed by atoms with Crippen LogP contribution in [0.1, 0.15) is 57.6 Å². The highest BCUT2D eigenvalue weighted by molar-refractivity contribution is 5.81. The summed E-state index contributed by atoms with van der Waals surface area (Å²) in [5, 5.41) is 1.41. The molecule has 1 aromatic heterocycles. The molecule has 1 aliphatic carbocycles. The fraction of sp³-hybridized carbons (Fsp3) is 0.556. The first-order chi connectivity index (χ1) is 9.31. The number of hydrogen-bond donors (Lipinski definition) is 0. The van der Waals surface area contributed by atoms with Crippen molar-refractivity contribution in [1.82, 2.24) is 4.57 Å². The highest BCUT2D eigenvalue weighted by Crippen LogP contribution is 2.36. The lowest BCUT2D eigenvalue weighted by Crippen LogP contribution is -2.18. The fourth-order valence-electron chi connectivity index (χ4n) is 3.64. The predicted molar refractivity (Wildman–Crippen MR) is 82.6 cm³/mol. The van der Waals surface area contributed by atoms with Gasteiger partial charge < -0.3 is 4.57 Å². The van der Waals surface area contributed by atoms with Crippen molar-refractivity contribution in [2.75, 3.05) is 0 Å². The van der Waals surface area contributed by atoms with Crippen LogP contribution in [-0.2, 0) is 6.42 Å². The van der Waals surface area contributed by atoms with Gasteiger partial charge in [0.1, 0.15) is 0 Å². The van der Waals surface area contributed by atoms with Crippen LogP contribution < -0.4 is 0 Å². The van der Waals surface area contributed by atoms with Gasteiger partial charge in [0.25, 0.3) is 0 Å². The van der Waals surface area contributed by atoms with Crippen LogP contribution in [0.25, 0.3) is 10.9 Å². The highest BCUT2D eigenvalue weighted by Gasteiger charge is 2.22. The van der Waals surface area contributed by atoms with Crippen molar-refractivity contribution in [2.24, 2.45) is 5.92 Å². The van der Waals surface area contributed by atoms with Crippen molar-refractivity contribution < 1.29 is 0 Å². The van der Waals surface area contributed by atoms with E-state index in [0.717, 1.165) is 18.4 Å². The van der Waals surface area contributed by atoms with Crippen molar-refractivity contribution in [2.45, 2.75) is 58.4 Å². The lowest BCUT2D eigenvalue weighted by Gasteiger charge is -2.30. The third-order valence-electron chi connectivity index (χ3n) is 4.92. The number of hydrogen-bond acceptors (Lipinski definition) is 0. The Morgan fingerprint density at radius 3 is 2.84 bits per heavy atom. The Kier molecular flexibility index (Phi) is 3.63. The molecular weight excluding hydrogens is 230 g/mol. The van der Waals surface area contributed by atoms with E-state index in [4.69, 9.17) is 0 Å². The van der Waals surface area contributed by atoms with E-state index in [9.17, 15) is 0 Å². The van der Waals surface area contributed by atoms with Crippen LogP contribution in [0.3, 0.4) is 0 Å². The zero-order valence-corrected chi connectivity index (χ0v) is 12.2. The van der Waals surface area contributed by atoms with E-state index in [-0.39, 0.29) is 0 Å². The second kappa shape index (κ2) is 5.40. The smallest absolute Gasteiger partial charge is 0.0483 e. The number of fused-ring (bicyclic) bond motifs is 1. The summed E-state index contributed by atoms with van der Waals surface area (Å²) in [7, 11) is 0. The molecule has 0 spiro atoms. The van der Waals surface area contributed by atoms with Gasteiger partial charge in [0, 0.05) is 17.8 Å². The molecule has 2 atom stereocenters. The maximum Gasteiger partial charge on any atom is 0.0483 e. The summed E-state index contributed by atoms with van der Waals surface area (Å²) in [6.07, 6.45) is 10.3. The summed E-state index contributed by atoms with van der Waals surface area (Å²) in [6.45, 7) is 4.57. The SMILES string of the molecule is CCc1ccc2c(ccn2C2CCCC(CC)C2)c1. The quantitative estimate of drug-likeness (QED) is 0.697. The molecule has 1 saturated carbocycles. The average molecular weight is 255 g/mol. The van der Waals surface area contributed by atoms with Gasteiger partial charge in [-0.3, -0.25) is 0 Å². The van der Waals surface area contributed by atoms with Crippen molar-refractivity contribution in [3.63, 3.8) is 0 Å². The Labute approximate surface area is 116 Å². The van der Waals surface area contributed by atoms with E-state index in [0.29, 0.717) is 0 Å². The fourth-order valence-corrected chi connectivity index (χ4v) is 3.64. The number of nitrogens with zero attached hydrogens (tertiary/aromatic N) is 1. The van der Waals surface area contributed by atoms with Gasteiger partial charge in [0.2, 0.25) is 0 Å². The second-order valence-corrected chi connectivity index (χ2v) is 6.06. The third kappa shape index (κ3) is 2.43. The molecule has 1 aliphatic rings. The molecule has 102 valence electrons. The minimum absolute atomic E-state index is 0.726. The molecular formula is C18H25N. The van der Waals surface area contributed by atoms with Gasteiger partial charge in [0.15, 0.2) is 0 Å². The Hall–Kier alpha value is -1.24. The highest BCUT2D eigenvalue weighted by atomic mass is 15.0. The van der Waals surface area contributed by atoms with Crippen molar-refractivity contribution in [3.8, 4) is 0 Å². The lowest BCUT2D eigenvalue weighted by molar-refractivity contribution is 0.265. The zero-order valence-electron chi connectivity index (χ0n) is 12.2. The summed E-state index contributed by atoms with van der Waals surface area (Å²) >= 11 is 0. The predicted octanol–water partition coefficient (Wildman–Crippen LogP) is 5.35. The number of aryl methyl sites for hydroxylation is 1. The van der Waals surface area contributed by atoms with Crippen molar-refractivity contribution >= 4 is 10.9 Å². The Morgan fingerprint density at radius 2 is 2.05 bits per heavy atom. The maximum atomic E-state index is 2.54. The summed E-state index contributed by atoms with van der Waals surface area (Å²) < 4.78 is 2.54. The molecule has 1 nitrogen and oxygen atoms in total. The number of aromatic nitrogens is 1. The molecule has 1 aromatic carbocycles. The van der Waals surface area contributed by atoms with E-state index in [2.05, 4.69) is 48.9 Å². The van der Waals surface area contributed by atoms with Crippen molar-refractivity contribution in [1.29, 1.82) is 0 Å². The minimum atomic E-state index is 0.726. The molecule has 2 aromatic rings. The first kappa shape index (κ1) is 12.8. The van der Waals surface area contributed by atoms with Crippen LogP contribution in [0, 0.1) is 5.92 Å². The summed E-state index contributed by atoms with van der Waals surface area (Å²) in [4.78, 5) is 0. The van der Waals surface area contributed by atoms with Gasteiger partial charge in [-0.2, -0.15) is 0 Å². The van der Waals surface area contributed by atoms with Gasteiger partial charge in [0.05, 0.1) is 0 Å². The molecule has 0 bridgehead atoms. The van der Waals surface area contributed by atoms with E-state index in [1.54, 1.807) is 0 Å². The maximum absolute atomic E-state index is 2.54. The van der Waals surface area contributed by atoms with Gasteiger partial charge in [-0.05, 0) is 54.3 Å². The van der Waals surface area contributed by atoms with E-state index < -0.39 is 0 Å². The van der Waals surface area contributed by atoms with E-state index >= 15 is 0 Å². The third-order valence-corrected chi connectivity index (χ3v) is 4.92. The molecule has 0 aliphatic heterocycles. The molecule has 0 N–H and O–H groups in total. The first-order valence-corrected chi connectivity index (χ1v) is 7.91. The normalized spacial score (nSPS) is 23.9. The molecule has 19 heavy (non-hydrogen) atoms. The van der Waals surface area contributed by atoms with Crippen LogP contribution in [0.4, 0.5) is 0 Å². The van der Waals surface area contributed by atoms with Crippen LogP contribution >= 0.6 is 0 Å². The monoisotopic (exact) mass is 255 g/mol. The molecule has 1 heteroatoms. The molecule has 0 amide bonds. The first-order valence-electron chi connectivity index (χ1n) is 7.91. The summed E-state index contributed by atoms with van der Waals surface area (Å²) in [5.74, 6) is 0.936. The van der Waals surface area contributed by atoms with Crippen LogP contribution in [-0.4, -0.2) is 4.57 Å². The Morgan fingerprint density at radius 1 is 1.16 bits per heavy atom. The van der Waals surface area contributed by atoms with E-state index in [1.165, 1.54) is 48.6 Å². The molecule has 1 heterocycles. The van der Waals surface area contributed by atoms with Gasteiger partial charge in [-0.1, -0.05) is 39.2 Å². The van der Waals surface area contributed by atoms with Gasteiger partial charge in [-0.25, -0.2) is 0 Å². The average Bonchev–Trinajstić information content (AvgIpc) is 2.90. The number of rotatable bonds is 3. The molecule has 1 fully saturated rings. The largest absolute Gasteiger partial charge is 0.344 e. The summed E-state index contributed by atoms with van der Waals surface area (Å²) in [5.41, 5.74) is 2.87. The van der Waals surface area contributed by atoms with Gasteiger partial charge in [-0.15, -0.1) is 0 Å². The zero-order chi connectivity index (χ0) is 13.2. The second-order valence-electron chi connectivity index (χ2n) is 6.06. The van der Waals surface area contributed by atoms with Crippen LogP contribution in [0.2, 0.25) is 0 Å². The summed E-state index contributed by atoms with van der Waals surface area (Å²) in [6, 6.07) is 9.99. The number of benzene rings is 1. The van der Waals surface area contributed by atoms with E-state index in [1.807, 2.05) is 0 Å². The Bertz CT molecular complexity index is 552. The minimum Gasteiger partial charge on any atom is -0.344 e. The van der Waals surface area contributed by atoms with Crippen molar-refractivity contribution in [3.05, 3.63) is 36.0 Å². The molecule has 2 unspecified atom stereocenters. The lowest BCUT2D eigenvalue weighted by atomic mass is 9.84.